The van der Waals surface area contributed by atoms with Crippen LogP contribution in [0.3, 0.4) is 0 Å². The van der Waals surface area contributed by atoms with E-state index in [0.29, 0.717) is 16.8 Å². The van der Waals surface area contributed by atoms with Crippen LogP contribution in [0.5, 0.6) is 0 Å². The van der Waals surface area contributed by atoms with Gasteiger partial charge in [-0.15, -0.1) is 0 Å². The molecular weight excluding hydrogens is 397 g/mol. The van der Waals surface area contributed by atoms with Crippen molar-refractivity contribution < 1.29 is 12.8 Å². The van der Waals surface area contributed by atoms with E-state index in [0.717, 1.165) is 11.1 Å². The molecule has 1 N–H and O–H groups in total. The van der Waals surface area contributed by atoms with E-state index in [1.807, 2.05) is 30.3 Å². The topological polar surface area (TPSA) is 46.2 Å². The first kappa shape index (κ1) is 18.5. The van der Waals surface area contributed by atoms with Gasteiger partial charge in [-0.2, -0.15) is 0 Å². The average Bonchev–Trinajstić information content (AvgIpc) is 2.85. The summed E-state index contributed by atoms with van der Waals surface area (Å²) in [6.45, 7) is 0. The van der Waals surface area contributed by atoms with E-state index in [4.69, 9.17) is 11.6 Å². The van der Waals surface area contributed by atoms with Crippen LogP contribution in [0.2, 0.25) is 5.02 Å². The molecule has 0 radical (unpaired) electrons. The van der Waals surface area contributed by atoms with Crippen molar-refractivity contribution in [1.82, 2.24) is 0 Å². The number of rotatable bonds is 4. The Bertz CT molecular complexity index is 1230. The summed E-state index contributed by atoms with van der Waals surface area (Å²) in [5.74, 6) is -0.529. The Balaban J connectivity index is 1.91. The minimum absolute atomic E-state index is 0.0241. The Kier molecular flexibility index (Phi) is 4.79. The van der Waals surface area contributed by atoms with Crippen LogP contribution in [0.1, 0.15) is 0 Å². The number of hydrogen-bond donors (Lipinski definition) is 1. The van der Waals surface area contributed by atoms with Crippen molar-refractivity contribution in [2.75, 3.05) is 4.72 Å². The number of halogens is 2. The summed E-state index contributed by atoms with van der Waals surface area (Å²) in [6, 6.07) is 23.7. The molecule has 0 saturated heterocycles. The lowest BCUT2D eigenvalue weighted by Gasteiger charge is -2.11. The molecule has 0 spiro atoms. The molecule has 2 aliphatic rings. The Hall–Kier alpha value is -2.89. The van der Waals surface area contributed by atoms with Gasteiger partial charge in [0.25, 0.3) is 10.0 Å². The van der Waals surface area contributed by atoms with E-state index in [2.05, 4.69) is 4.72 Å². The summed E-state index contributed by atoms with van der Waals surface area (Å²) in [5.41, 5.74) is 3.36. The third-order valence-corrected chi connectivity index (χ3v) is 6.09. The SMILES string of the molecule is O=S(=O)(Nc1cc2cccccc-2c1-c1ccc(F)c(Cl)c1)c1ccccc1. The molecular formula is C22H15ClFNO2S. The summed E-state index contributed by atoms with van der Waals surface area (Å²) in [4.78, 5) is 0.161. The third-order valence-electron chi connectivity index (χ3n) is 4.42. The Morgan fingerprint density at radius 2 is 1.46 bits per heavy atom. The molecule has 28 heavy (non-hydrogen) atoms. The van der Waals surface area contributed by atoms with Gasteiger partial charge >= 0.3 is 0 Å². The standard InChI is InChI=1S/C22H15ClFNO2S/c23-19-13-16(11-12-20(19)24)22-18-10-6-1-3-7-15(18)14-21(22)25-28(26,27)17-8-4-2-5-9-17/h1-14,25H. The van der Waals surface area contributed by atoms with Crippen molar-refractivity contribution in [1.29, 1.82) is 0 Å². The van der Waals surface area contributed by atoms with Crippen LogP contribution in [0, 0.1) is 5.82 Å². The van der Waals surface area contributed by atoms with Gasteiger partial charge in [0.2, 0.25) is 0 Å². The predicted molar refractivity (Wildman–Crippen MR) is 111 cm³/mol. The maximum absolute atomic E-state index is 13.7. The summed E-state index contributed by atoms with van der Waals surface area (Å²) in [7, 11) is -3.78. The van der Waals surface area contributed by atoms with Crippen molar-refractivity contribution in [3.63, 3.8) is 0 Å². The minimum Gasteiger partial charge on any atom is -0.279 e. The summed E-state index contributed by atoms with van der Waals surface area (Å²) in [6.07, 6.45) is 0. The fraction of sp³-hybridized carbons (Fsp3) is 0. The number of benzene rings is 2. The number of nitrogens with one attached hydrogen (secondary N) is 1. The second kappa shape index (κ2) is 7.26. The first-order chi connectivity index (χ1) is 13.5. The van der Waals surface area contributed by atoms with Crippen LogP contribution >= 0.6 is 11.6 Å². The van der Waals surface area contributed by atoms with Crippen molar-refractivity contribution in [2.24, 2.45) is 0 Å². The third kappa shape index (κ3) is 3.46. The molecule has 2 aliphatic carbocycles. The highest BCUT2D eigenvalue weighted by Gasteiger charge is 2.22. The molecule has 0 unspecified atom stereocenters. The van der Waals surface area contributed by atoms with Gasteiger partial charge in [0.1, 0.15) is 5.82 Å². The summed E-state index contributed by atoms with van der Waals surface area (Å²) >= 11 is 5.98. The highest BCUT2D eigenvalue weighted by molar-refractivity contribution is 7.92. The van der Waals surface area contributed by atoms with Crippen LogP contribution in [0.4, 0.5) is 10.1 Å². The zero-order chi connectivity index (χ0) is 19.7. The molecule has 0 bridgehead atoms. The van der Waals surface area contributed by atoms with Crippen LogP contribution in [-0.4, -0.2) is 8.42 Å². The van der Waals surface area contributed by atoms with E-state index in [9.17, 15) is 12.8 Å². The van der Waals surface area contributed by atoms with Crippen LogP contribution in [0.15, 0.2) is 89.8 Å². The molecule has 0 amide bonds. The van der Waals surface area contributed by atoms with Crippen molar-refractivity contribution in [3.8, 4) is 22.3 Å². The van der Waals surface area contributed by atoms with Gasteiger partial charge in [-0.25, -0.2) is 12.8 Å². The molecule has 0 atom stereocenters. The molecule has 0 aromatic heterocycles. The lowest BCUT2D eigenvalue weighted by atomic mass is 10.0. The molecule has 0 fully saturated rings. The van der Waals surface area contributed by atoms with Crippen molar-refractivity contribution in [2.45, 2.75) is 4.90 Å². The molecule has 2 aromatic carbocycles. The van der Waals surface area contributed by atoms with Gasteiger partial charge in [0.05, 0.1) is 15.6 Å². The largest absolute Gasteiger partial charge is 0.279 e. The van der Waals surface area contributed by atoms with Gasteiger partial charge in [0.15, 0.2) is 0 Å². The lowest BCUT2D eigenvalue weighted by Crippen LogP contribution is -2.12. The van der Waals surface area contributed by atoms with Gasteiger partial charge in [-0.3, -0.25) is 4.72 Å². The van der Waals surface area contributed by atoms with E-state index >= 15 is 0 Å². The Labute approximate surface area is 167 Å². The first-order valence-electron chi connectivity index (χ1n) is 8.51. The normalized spacial score (nSPS) is 11.5. The lowest BCUT2D eigenvalue weighted by molar-refractivity contribution is 0.601. The minimum atomic E-state index is -3.78. The number of sulfonamides is 1. The average molecular weight is 412 g/mol. The zero-order valence-electron chi connectivity index (χ0n) is 14.6. The molecule has 2 aromatic rings. The van der Waals surface area contributed by atoms with Gasteiger partial charge < -0.3 is 0 Å². The molecule has 140 valence electrons. The number of hydrogen-bond acceptors (Lipinski definition) is 2. The van der Waals surface area contributed by atoms with Gasteiger partial charge in [0, 0.05) is 5.56 Å². The Morgan fingerprint density at radius 3 is 2.18 bits per heavy atom. The summed E-state index contributed by atoms with van der Waals surface area (Å²) < 4.78 is 42.0. The van der Waals surface area contributed by atoms with Crippen LogP contribution in [-0.2, 0) is 10.0 Å². The van der Waals surface area contributed by atoms with E-state index in [1.54, 1.807) is 30.3 Å². The molecule has 3 nitrogen and oxygen atoms in total. The number of anilines is 1. The maximum atomic E-state index is 13.7. The highest BCUT2D eigenvalue weighted by atomic mass is 35.5. The Morgan fingerprint density at radius 1 is 0.786 bits per heavy atom. The first-order valence-corrected chi connectivity index (χ1v) is 10.4. The van der Waals surface area contributed by atoms with Gasteiger partial charge in [-0.05, 0) is 47.0 Å². The van der Waals surface area contributed by atoms with Crippen LogP contribution < -0.4 is 4.72 Å². The fourth-order valence-electron chi connectivity index (χ4n) is 3.13. The molecule has 4 rings (SSSR count). The molecule has 0 heterocycles. The van der Waals surface area contributed by atoms with Crippen molar-refractivity contribution >= 4 is 27.3 Å². The molecule has 0 saturated carbocycles. The molecule has 6 heteroatoms. The van der Waals surface area contributed by atoms with Gasteiger partial charge in [-0.1, -0.05) is 66.2 Å². The predicted octanol–water partition coefficient (Wildman–Crippen LogP) is 6.05. The zero-order valence-corrected chi connectivity index (χ0v) is 16.1. The number of fused-ring (bicyclic) bond motifs is 1. The summed E-state index contributed by atoms with van der Waals surface area (Å²) in [5, 5.41) is -0.0241. The highest BCUT2D eigenvalue weighted by Crippen LogP contribution is 2.43. The quantitative estimate of drug-likeness (QED) is 0.444. The second-order valence-electron chi connectivity index (χ2n) is 6.26. The molecule has 0 aliphatic heterocycles. The monoisotopic (exact) mass is 411 g/mol. The van der Waals surface area contributed by atoms with Crippen LogP contribution in [0.25, 0.3) is 22.3 Å². The van der Waals surface area contributed by atoms with E-state index in [-0.39, 0.29) is 9.92 Å². The van der Waals surface area contributed by atoms with Crippen molar-refractivity contribution in [3.05, 3.63) is 95.8 Å². The van der Waals surface area contributed by atoms with E-state index in [1.165, 1.54) is 24.3 Å². The maximum Gasteiger partial charge on any atom is 0.261 e. The second-order valence-corrected chi connectivity index (χ2v) is 8.35. The van der Waals surface area contributed by atoms with E-state index < -0.39 is 15.8 Å². The smallest absolute Gasteiger partial charge is 0.261 e. The fourth-order valence-corrected chi connectivity index (χ4v) is 4.40.